The Hall–Kier alpha value is -4.63. The van der Waals surface area contributed by atoms with E-state index in [1.807, 2.05) is 30.5 Å². The predicted octanol–water partition coefficient (Wildman–Crippen LogP) is 6.51. The van der Waals surface area contributed by atoms with Gasteiger partial charge in [0.25, 0.3) is 0 Å². The van der Waals surface area contributed by atoms with Crippen molar-refractivity contribution >= 4 is 17.0 Å². The highest BCUT2D eigenvalue weighted by Gasteiger charge is 2.16. The number of aryl methyl sites for hydroxylation is 2. The number of carboxylic acid groups (broad SMARTS) is 1. The monoisotopic (exact) mass is 557 g/mol. The van der Waals surface area contributed by atoms with Gasteiger partial charge in [-0.15, -0.1) is 0 Å². The zero-order valence-corrected chi connectivity index (χ0v) is 22.9. The number of pyridine rings is 1. The fourth-order valence-electron chi connectivity index (χ4n) is 4.67. The summed E-state index contributed by atoms with van der Waals surface area (Å²) < 4.78 is 42.5. The van der Waals surface area contributed by atoms with Crippen molar-refractivity contribution in [1.82, 2.24) is 14.5 Å². The summed E-state index contributed by atoms with van der Waals surface area (Å²) in [4.78, 5) is 20.7. The van der Waals surface area contributed by atoms with Gasteiger partial charge in [0, 0.05) is 37.3 Å². The number of rotatable bonds is 10. The molecule has 0 amide bonds. The van der Waals surface area contributed by atoms with Crippen LogP contribution in [-0.4, -0.2) is 39.3 Å². The summed E-state index contributed by atoms with van der Waals surface area (Å²) in [6.45, 7) is 4.55. The van der Waals surface area contributed by atoms with E-state index in [9.17, 15) is 14.3 Å². The minimum absolute atomic E-state index is 0.0212. The van der Waals surface area contributed by atoms with Crippen LogP contribution < -0.4 is 4.74 Å². The first-order valence-corrected chi connectivity index (χ1v) is 13.1. The number of halogens is 2. The Balaban J connectivity index is 1.40. The van der Waals surface area contributed by atoms with Crippen molar-refractivity contribution in [1.29, 1.82) is 0 Å². The molecule has 0 radical (unpaired) electrons. The zero-order chi connectivity index (χ0) is 29.1. The summed E-state index contributed by atoms with van der Waals surface area (Å²) in [5, 5.41) is 9.41. The van der Waals surface area contributed by atoms with Crippen LogP contribution in [0.15, 0.2) is 66.7 Å². The van der Waals surface area contributed by atoms with Crippen molar-refractivity contribution < 1.29 is 28.2 Å². The number of hydrogen-bond acceptors (Lipinski definition) is 5. The van der Waals surface area contributed by atoms with E-state index >= 15 is 4.39 Å². The number of fused-ring (bicyclic) bond motifs is 1. The van der Waals surface area contributed by atoms with Crippen LogP contribution in [0.25, 0.3) is 22.3 Å². The van der Waals surface area contributed by atoms with E-state index in [1.54, 1.807) is 43.5 Å². The number of ether oxygens (including phenoxy) is 2. The smallest absolute Gasteiger partial charge is 0.335 e. The van der Waals surface area contributed by atoms with E-state index in [4.69, 9.17) is 9.47 Å². The highest BCUT2D eigenvalue weighted by atomic mass is 19.1. The number of hydrogen-bond donors (Lipinski definition) is 1. The lowest BCUT2D eigenvalue weighted by molar-refractivity contribution is 0.0697. The Bertz CT molecular complexity index is 1750. The van der Waals surface area contributed by atoms with Crippen LogP contribution in [0.1, 0.15) is 38.4 Å². The molecule has 7 nitrogen and oxygen atoms in total. The van der Waals surface area contributed by atoms with Gasteiger partial charge >= 0.3 is 5.97 Å². The number of imidazole rings is 1. The molecule has 9 heteroatoms. The van der Waals surface area contributed by atoms with Crippen LogP contribution in [0.2, 0.25) is 0 Å². The first-order chi connectivity index (χ1) is 19.7. The summed E-state index contributed by atoms with van der Waals surface area (Å²) in [5.74, 6) is -0.883. The van der Waals surface area contributed by atoms with Crippen molar-refractivity contribution in [3.63, 3.8) is 0 Å². The molecule has 0 aliphatic carbocycles. The summed E-state index contributed by atoms with van der Waals surface area (Å²) in [5.41, 5.74) is 5.07. The minimum Gasteiger partial charge on any atom is -0.478 e. The van der Waals surface area contributed by atoms with Crippen LogP contribution in [-0.2, 0) is 24.3 Å². The Morgan fingerprint density at radius 3 is 2.41 bits per heavy atom. The first kappa shape index (κ1) is 27.9. The van der Waals surface area contributed by atoms with Gasteiger partial charge in [-0.2, -0.15) is 0 Å². The minimum atomic E-state index is -1.03. The fourth-order valence-corrected chi connectivity index (χ4v) is 4.67. The number of carboxylic acids is 1. The molecule has 41 heavy (non-hydrogen) atoms. The van der Waals surface area contributed by atoms with Gasteiger partial charge in [-0.25, -0.2) is 23.5 Å². The van der Waals surface area contributed by atoms with Crippen molar-refractivity contribution in [3.8, 4) is 17.1 Å². The average molecular weight is 558 g/mol. The van der Waals surface area contributed by atoms with E-state index in [0.29, 0.717) is 58.3 Å². The summed E-state index contributed by atoms with van der Waals surface area (Å²) >= 11 is 0. The van der Waals surface area contributed by atoms with Crippen LogP contribution in [0.5, 0.6) is 5.88 Å². The number of aromatic nitrogens is 3. The van der Waals surface area contributed by atoms with Crippen LogP contribution >= 0.6 is 0 Å². The van der Waals surface area contributed by atoms with Crippen molar-refractivity contribution in [2.45, 2.75) is 33.4 Å². The van der Waals surface area contributed by atoms with Crippen molar-refractivity contribution in [3.05, 3.63) is 112 Å². The maximum atomic E-state index is 15.4. The highest BCUT2D eigenvalue weighted by molar-refractivity contribution is 5.92. The Morgan fingerprint density at radius 1 is 0.902 bits per heavy atom. The molecule has 0 saturated heterocycles. The molecule has 0 unspecified atom stereocenters. The summed E-state index contributed by atoms with van der Waals surface area (Å²) in [6.07, 6.45) is 0.199. The number of carbonyl (C=O) groups is 1. The number of aromatic carboxylic acids is 1. The molecule has 5 rings (SSSR count). The van der Waals surface area contributed by atoms with Gasteiger partial charge in [0.1, 0.15) is 24.1 Å². The van der Waals surface area contributed by atoms with E-state index in [2.05, 4.69) is 9.97 Å². The lowest BCUT2D eigenvalue weighted by atomic mass is 10.0. The Labute approximate surface area is 236 Å². The molecule has 0 saturated carbocycles. The molecule has 2 aromatic heterocycles. The Kier molecular flexibility index (Phi) is 8.07. The molecule has 0 spiro atoms. The third kappa shape index (κ3) is 6.25. The molecule has 0 aliphatic rings. The maximum Gasteiger partial charge on any atom is 0.335 e. The SMILES string of the molecule is COCCn1c(Cc2ccc(-c3cc(C)cc(OCc4ccc(C)cc4F)n3)cc2F)nc2ccc(C(=O)O)cc21. The molecule has 0 bridgehead atoms. The molecule has 210 valence electrons. The lowest BCUT2D eigenvalue weighted by Crippen LogP contribution is -2.10. The van der Waals surface area contributed by atoms with Crippen molar-refractivity contribution in [2.75, 3.05) is 13.7 Å². The second-order valence-electron chi connectivity index (χ2n) is 9.92. The molecule has 0 fully saturated rings. The van der Waals surface area contributed by atoms with Gasteiger partial charge in [-0.05, 0) is 66.9 Å². The summed E-state index contributed by atoms with van der Waals surface area (Å²) in [7, 11) is 1.58. The Morgan fingerprint density at radius 2 is 1.68 bits per heavy atom. The quantitative estimate of drug-likeness (QED) is 0.211. The standard InChI is InChI=1S/C32H29F2N3O4/c1-19-4-5-24(25(33)12-19)18-41-31-14-20(2)13-28(36-31)22-7-6-21(26(34)15-22)17-30-35-27-9-8-23(32(38)39)16-29(27)37(30)10-11-40-3/h4-9,12-16H,10-11,17-18H2,1-3H3,(H,38,39). The number of methoxy groups -OCH3 is 1. The highest BCUT2D eigenvalue weighted by Crippen LogP contribution is 2.27. The second kappa shape index (κ2) is 11.9. The molecule has 1 N–H and O–H groups in total. The normalized spacial score (nSPS) is 11.2. The third-order valence-electron chi connectivity index (χ3n) is 6.82. The largest absolute Gasteiger partial charge is 0.478 e. The second-order valence-corrected chi connectivity index (χ2v) is 9.92. The molecule has 0 atom stereocenters. The van der Waals surface area contributed by atoms with Crippen LogP contribution in [0, 0.1) is 25.5 Å². The molecular weight excluding hydrogens is 528 g/mol. The molecule has 5 aromatic rings. The fraction of sp³-hybridized carbons (Fsp3) is 0.219. The first-order valence-electron chi connectivity index (χ1n) is 13.1. The zero-order valence-electron chi connectivity index (χ0n) is 22.9. The number of nitrogens with zero attached hydrogens (tertiary/aromatic N) is 3. The van der Waals surface area contributed by atoms with Gasteiger partial charge in [0.15, 0.2) is 0 Å². The van der Waals surface area contributed by atoms with E-state index in [-0.39, 0.29) is 24.4 Å². The van der Waals surface area contributed by atoms with E-state index in [1.165, 1.54) is 18.2 Å². The van der Waals surface area contributed by atoms with Gasteiger partial charge in [-0.1, -0.05) is 24.3 Å². The molecule has 3 aromatic carbocycles. The predicted molar refractivity (Wildman–Crippen MR) is 151 cm³/mol. The van der Waals surface area contributed by atoms with Crippen molar-refractivity contribution in [2.24, 2.45) is 0 Å². The topological polar surface area (TPSA) is 86.5 Å². The van der Waals surface area contributed by atoms with Gasteiger partial charge in [0.2, 0.25) is 5.88 Å². The lowest BCUT2D eigenvalue weighted by Gasteiger charge is -2.12. The number of benzene rings is 3. The molecular formula is C32H29F2N3O4. The molecule has 0 aliphatic heterocycles. The van der Waals surface area contributed by atoms with Gasteiger partial charge in [0.05, 0.1) is 28.9 Å². The van der Waals surface area contributed by atoms with E-state index < -0.39 is 11.8 Å². The summed E-state index contributed by atoms with van der Waals surface area (Å²) in [6, 6.07) is 18.2. The van der Waals surface area contributed by atoms with Crippen LogP contribution in [0.3, 0.4) is 0 Å². The molecule has 2 heterocycles. The maximum absolute atomic E-state index is 15.4. The average Bonchev–Trinajstić information content (AvgIpc) is 3.28. The van der Waals surface area contributed by atoms with Gasteiger partial charge in [-0.3, -0.25) is 0 Å². The third-order valence-corrected chi connectivity index (χ3v) is 6.82. The van der Waals surface area contributed by atoms with Gasteiger partial charge < -0.3 is 19.1 Å². The van der Waals surface area contributed by atoms with Crippen LogP contribution in [0.4, 0.5) is 8.78 Å². The van der Waals surface area contributed by atoms with E-state index in [0.717, 1.165) is 11.1 Å².